The highest BCUT2D eigenvalue weighted by Crippen LogP contribution is 2.34. The lowest BCUT2D eigenvalue weighted by Gasteiger charge is -2.23. The molecule has 2 heterocycles. The topological polar surface area (TPSA) is 17.0 Å². The van der Waals surface area contributed by atoms with Crippen LogP contribution in [0.1, 0.15) is 44.2 Å². The maximum absolute atomic E-state index is 3.54. The van der Waals surface area contributed by atoms with Gasteiger partial charge in [0, 0.05) is 34.4 Å². The molecule has 1 aromatic heterocycles. The lowest BCUT2D eigenvalue weighted by molar-refractivity contribution is 0.462. The van der Waals surface area contributed by atoms with E-state index < -0.39 is 0 Å². The molecule has 1 saturated heterocycles. The molecular formula is C20H24N2. The molecule has 114 valence electrons. The highest BCUT2D eigenvalue weighted by molar-refractivity contribution is 6.08. The van der Waals surface area contributed by atoms with Gasteiger partial charge in [0.25, 0.3) is 0 Å². The van der Waals surface area contributed by atoms with E-state index in [2.05, 4.69) is 66.2 Å². The summed E-state index contributed by atoms with van der Waals surface area (Å²) in [6, 6.07) is 16.4. The minimum atomic E-state index is 0.476. The molecular weight excluding hydrogens is 268 g/mol. The molecule has 1 N–H and O–H groups in total. The first-order valence-corrected chi connectivity index (χ1v) is 8.49. The average molecular weight is 292 g/mol. The zero-order valence-corrected chi connectivity index (χ0v) is 13.5. The number of aromatic nitrogens is 1. The van der Waals surface area contributed by atoms with E-state index in [0.717, 1.165) is 6.54 Å². The monoisotopic (exact) mass is 292 g/mol. The van der Waals surface area contributed by atoms with Gasteiger partial charge in [-0.3, -0.25) is 0 Å². The third kappa shape index (κ3) is 2.14. The summed E-state index contributed by atoms with van der Waals surface area (Å²) in [7, 11) is 0. The largest absolute Gasteiger partial charge is 0.338 e. The van der Waals surface area contributed by atoms with Crippen molar-refractivity contribution in [3.63, 3.8) is 0 Å². The fourth-order valence-corrected chi connectivity index (χ4v) is 3.97. The summed E-state index contributed by atoms with van der Waals surface area (Å²) < 4.78 is 2.47. The number of fused-ring (bicyclic) bond motifs is 3. The molecule has 2 nitrogen and oxygen atoms in total. The van der Waals surface area contributed by atoms with Crippen molar-refractivity contribution >= 4 is 21.8 Å². The molecule has 1 aliphatic heterocycles. The van der Waals surface area contributed by atoms with Crippen LogP contribution in [0.2, 0.25) is 0 Å². The fraction of sp³-hybridized carbons (Fsp3) is 0.400. The maximum Gasteiger partial charge on any atom is 0.0493 e. The standard InChI is InChI=1S/C20H24N2/c1-14(2)22-19-8-4-3-7-17(19)18-12-15(9-10-20(18)22)16-6-5-11-21-13-16/h3-4,7-10,12,14,16,21H,5-6,11,13H2,1-2H3. The number of rotatable bonds is 2. The number of hydrogen-bond donors (Lipinski definition) is 1. The van der Waals surface area contributed by atoms with E-state index in [1.54, 1.807) is 0 Å². The van der Waals surface area contributed by atoms with Crippen molar-refractivity contribution in [2.75, 3.05) is 13.1 Å². The molecule has 0 radical (unpaired) electrons. The number of nitrogens with one attached hydrogen (secondary N) is 1. The summed E-state index contributed by atoms with van der Waals surface area (Å²) in [5, 5.41) is 6.33. The zero-order chi connectivity index (χ0) is 15.1. The number of piperidine rings is 1. The first-order chi connectivity index (χ1) is 10.8. The van der Waals surface area contributed by atoms with Crippen LogP contribution in [0.5, 0.6) is 0 Å². The van der Waals surface area contributed by atoms with Crippen LogP contribution in [0.4, 0.5) is 0 Å². The number of para-hydroxylation sites is 1. The van der Waals surface area contributed by atoms with Crippen LogP contribution in [0, 0.1) is 0 Å². The van der Waals surface area contributed by atoms with Crippen molar-refractivity contribution in [3.8, 4) is 0 Å². The van der Waals surface area contributed by atoms with Crippen molar-refractivity contribution in [2.45, 2.75) is 38.6 Å². The second-order valence-electron chi connectivity index (χ2n) is 6.80. The molecule has 0 amide bonds. The maximum atomic E-state index is 3.54. The first kappa shape index (κ1) is 13.8. The quantitative estimate of drug-likeness (QED) is 0.715. The van der Waals surface area contributed by atoms with Crippen molar-refractivity contribution < 1.29 is 0 Å². The van der Waals surface area contributed by atoms with Gasteiger partial charge in [0.1, 0.15) is 0 Å². The summed E-state index contributed by atoms with van der Waals surface area (Å²) in [5.74, 6) is 0.666. The number of hydrogen-bond acceptors (Lipinski definition) is 1. The summed E-state index contributed by atoms with van der Waals surface area (Å²) in [6.07, 6.45) is 2.60. The Morgan fingerprint density at radius 3 is 2.64 bits per heavy atom. The van der Waals surface area contributed by atoms with Gasteiger partial charge in [0.05, 0.1) is 0 Å². The van der Waals surface area contributed by atoms with Gasteiger partial charge in [-0.05, 0) is 62.9 Å². The Labute approximate surface area is 132 Å². The molecule has 22 heavy (non-hydrogen) atoms. The highest BCUT2D eigenvalue weighted by atomic mass is 15.0. The first-order valence-electron chi connectivity index (χ1n) is 8.49. The molecule has 3 aromatic rings. The molecule has 2 aromatic carbocycles. The van der Waals surface area contributed by atoms with Crippen LogP contribution in [-0.4, -0.2) is 17.7 Å². The zero-order valence-electron chi connectivity index (χ0n) is 13.5. The minimum absolute atomic E-state index is 0.476. The molecule has 4 rings (SSSR count). The Balaban J connectivity index is 1.94. The van der Waals surface area contributed by atoms with Gasteiger partial charge in [-0.1, -0.05) is 24.3 Å². The molecule has 0 bridgehead atoms. The Bertz CT molecular complexity index is 807. The van der Waals surface area contributed by atoms with Gasteiger partial charge in [-0.25, -0.2) is 0 Å². The molecule has 0 aliphatic carbocycles. The molecule has 1 unspecified atom stereocenters. The van der Waals surface area contributed by atoms with E-state index in [4.69, 9.17) is 0 Å². The minimum Gasteiger partial charge on any atom is -0.338 e. The van der Waals surface area contributed by atoms with Crippen molar-refractivity contribution in [2.24, 2.45) is 0 Å². The van der Waals surface area contributed by atoms with Crippen LogP contribution in [0.15, 0.2) is 42.5 Å². The predicted molar refractivity (Wildman–Crippen MR) is 94.7 cm³/mol. The average Bonchev–Trinajstić information content (AvgIpc) is 2.89. The fourth-order valence-electron chi connectivity index (χ4n) is 3.97. The summed E-state index contributed by atoms with van der Waals surface area (Å²) in [5.41, 5.74) is 4.21. The Hall–Kier alpha value is -1.80. The summed E-state index contributed by atoms with van der Waals surface area (Å²) in [4.78, 5) is 0. The van der Waals surface area contributed by atoms with E-state index in [0.29, 0.717) is 12.0 Å². The van der Waals surface area contributed by atoms with E-state index in [1.165, 1.54) is 46.8 Å². The molecule has 0 saturated carbocycles. The molecule has 2 heteroatoms. The van der Waals surface area contributed by atoms with Gasteiger partial charge in [0.2, 0.25) is 0 Å². The second-order valence-corrected chi connectivity index (χ2v) is 6.80. The highest BCUT2D eigenvalue weighted by Gasteiger charge is 2.18. The van der Waals surface area contributed by atoms with Gasteiger partial charge in [-0.15, -0.1) is 0 Å². The number of nitrogens with zero attached hydrogens (tertiary/aromatic N) is 1. The van der Waals surface area contributed by atoms with Crippen LogP contribution in [0.3, 0.4) is 0 Å². The lowest BCUT2D eigenvalue weighted by Crippen LogP contribution is -2.28. The van der Waals surface area contributed by atoms with E-state index in [1.807, 2.05) is 0 Å². The molecule has 1 aliphatic rings. The third-order valence-electron chi connectivity index (χ3n) is 5.02. The second kappa shape index (κ2) is 5.44. The van der Waals surface area contributed by atoms with Gasteiger partial charge < -0.3 is 9.88 Å². The van der Waals surface area contributed by atoms with Gasteiger partial charge in [-0.2, -0.15) is 0 Å². The Morgan fingerprint density at radius 1 is 1.05 bits per heavy atom. The third-order valence-corrected chi connectivity index (χ3v) is 5.02. The summed E-state index contributed by atoms with van der Waals surface area (Å²) >= 11 is 0. The van der Waals surface area contributed by atoms with Gasteiger partial charge >= 0.3 is 0 Å². The molecule has 1 fully saturated rings. The van der Waals surface area contributed by atoms with Crippen molar-refractivity contribution in [1.82, 2.24) is 9.88 Å². The predicted octanol–water partition coefficient (Wildman–Crippen LogP) is 4.84. The van der Waals surface area contributed by atoms with Gasteiger partial charge in [0.15, 0.2) is 0 Å². The van der Waals surface area contributed by atoms with E-state index >= 15 is 0 Å². The van der Waals surface area contributed by atoms with E-state index in [9.17, 15) is 0 Å². The molecule has 1 atom stereocenters. The Kier molecular flexibility index (Phi) is 3.42. The summed E-state index contributed by atoms with van der Waals surface area (Å²) in [6.45, 7) is 6.83. The van der Waals surface area contributed by atoms with Crippen molar-refractivity contribution in [1.29, 1.82) is 0 Å². The number of benzene rings is 2. The van der Waals surface area contributed by atoms with Crippen LogP contribution in [0.25, 0.3) is 21.8 Å². The normalized spacial score (nSPS) is 19.3. The van der Waals surface area contributed by atoms with E-state index in [-0.39, 0.29) is 0 Å². The lowest BCUT2D eigenvalue weighted by atomic mass is 9.91. The molecule has 0 spiro atoms. The van der Waals surface area contributed by atoms with Crippen molar-refractivity contribution in [3.05, 3.63) is 48.0 Å². The van der Waals surface area contributed by atoms with Crippen LogP contribution < -0.4 is 5.32 Å². The van der Waals surface area contributed by atoms with Crippen LogP contribution in [-0.2, 0) is 0 Å². The Morgan fingerprint density at radius 2 is 1.86 bits per heavy atom. The van der Waals surface area contributed by atoms with Crippen LogP contribution >= 0.6 is 0 Å². The smallest absolute Gasteiger partial charge is 0.0493 e. The SMILES string of the molecule is CC(C)n1c2ccccc2c2cc(C3CCCNC3)ccc21.